The Morgan fingerprint density at radius 1 is 1.53 bits per heavy atom. The van der Waals surface area contributed by atoms with E-state index >= 15 is 0 Å². The number of nitrogens with zero attached hydrogens (tertiary/aromatic N) is 1. The van der Waals surface area contributed by atoms with E-state index < -0.39 is 0 Å². The molecule has 0 aromatic heterocycles. The fourth-order valence-corrected chi connectivity index (χ4v) is 1.25. The van der Waals surface area contributed by atoms with Crippen molar-refractivity contribution in [3.8, 4) is 0 Å². The predicted octanol–water partition coefficient (Wildman–Crippen LogP) is 1.77. The van der Waals surface area contributed by atoms with Crippen molar-refractivity contribution in [2.24, 2.45) is 0 Å². The van der Waals surface area contributed by atoms with Gasteiger partial charge >= 0.3 is 0 Å². The summed E-state index contributed by atoms with van der Waals surface area (Å²) in [6.45, 7) is 0.939. The normalized spacial score (nSPS) is 10.3. The van der Waals surface area contributed by atoms with Gasteiger partial charge in [0.1, 0.15) is 0 Å². The third-order valence-electron chi connectivity index (χ3n) is 2.00. The van der Waals surface area contributed by atoms with E-state index in [2.05, 4.69) is 16.3 Å². The lowest BCUT2D eigenvalue weighted by molar-refractivity contribution is -0.116. The van der Waals surface area contributed by atoms with E-state index in [1.165, 1.54) is 0 Å². The zero-order valence-corrected chi connectivity index (χ0v) is 9.29. The molecular weight excluding hydrogens is 188 g/mol. The van der Waals surface area contributed by atoms with Crippen LogP contribution >= 0.6 is 0 Å². The molecule has 0 heterocycles. The number of benzene rings is 1. The van der Waals surface area contributed by atoms with Gasteiger partial charge in [0.2, 0.25) is 5.91 Å². The molecule has 81 valence electrons. The van der Waals surface area contributed by atoms with Crippen LogP contribution in [-0.2, 0) is 4.79 Å². The van der Waals surface area contributed by atoms with Crippen molar-refractivity contribution in [2.45, 2.75) is 12.8 Å². The van der Waals surface area contributed by atoms with Crippen LogP contribution in [0.2, 0.25) is 0 Å². The van der Waals surface area contributed by atoms with Crippen molar-refractivity contribution in [2.75, 3.05) is 26.0 Å². The molecule has 0 saturated carbocycles. The second-order valence-corrected chi connectivity index (χ2v) is 3.75. The Bertz CT molecular complexity index is 296. The number of hydrogen-bond donors (Lipinski definition) is 1. The Hall–Kier alpha value is -1.35. The summed E-state index contributed by atoms with van der Waals surface area (Å²) in [7, 11) is 4.01. The maximum Gasteiger partial charge on any atom is 0.224 e. The third kappa shape index (κ3) is 5.18. The Morgan fingerprint density at radius 3 is 2.93 bits per heavy atom. The monoisotopic (exact) mass is 205 g/mol. The van der Waals surface area contributed by atoms with Crippen LogP contribution < -0.4 is 5.32 Å². The van der Waals surface area contributed by atoms with Crippen LogP contribution in [-0.4, -0.2) is 31.4 Å². The first-order valence-corrected chi connectivity index (χ1v) is 5.09. The zero-order chi connectivity index (χ0) is 11.1. The highest BCUT2D eigenvalue weighted by molar-refractivity contribution is 5.90. The summed E-state index contributed by atoms with van der Waals surface area (Å²) in [6.07, 6.45) is 1.45. The lowest BCUT2D eigenvalue weighted by Gasteiger charge is -2.09. The zero-order valence-electron chi connectivity index (χ0n) is 9.29. The Kier molecular flexibility index (Phi) is 4.84. The van der Waals surface area contributed by atoms with Crippen LogP contribution in [0, 0.1) is 6.07 Å². The van der Waals surface area contributed by atoms with Gasteiger partial charge in [0, 0.05) is 12.1 Å². The molecule has 0 fully saturated rings. The first-order chi connectivity index (χ1) is 7.18. The molecule has 0 aliphatic rings. The molecule has 1 aromatic carbocycles. The van der Waals surface area contributed by atoms with Gasteiger partial charge in [-0.2, -0.15) is 0 Å². The van der Waals surface area contributed by atoms with Crippen LogP contribution in [0.15, 0.2) is 24.3 Å². The molecule has 1 radical (unpaired) electrons. The second kappa shape index (κ2) is 6.19. The van der Waals surface area contributed by atoms with Gasteiger partial charge in [0.15, 0.2) is 0 Å². The summed E-state index contributed by atoms with van der Waals surface area (Å²) in [6, 6.07) is 10.2. The van der Waals surface area contributed by atoms with Gasteiger partial charge in [-0.3, -0.25) is 4.79 Å². The molecule has 0 atom stereocenters. The fourth-order valence-electron chi connectivity index (χ4n) is 1.25. The average molecular weight is 205 g/mol. The number of carbonyl (C=O) groups excluding carboxylic acids is 1. The summed E-state index contributed by atoms with van der Waals surface area (Å²) in [5, 5.41) is 2.83. The van der Waals surface area contributed by atoms with Gasteiger partial charge in [0.25, 0.3) is 0 Å². The number of nitrogens with one attached hydrogen (secondary N) is 1. The standard InChI is InChI=1S/C12H17N2O/c1-14(2)10-6-9-12(15)13-11-7-4-3-5-8-11/h3-4,7-8H,6,9-10H2,1-2H3,(H,13,15). The largest absolute Gasteiger partial charge is 0.326 e. The van der Waals surface area contributed by atoms with Crippen molar-refractivity contribution < 1.29 is 4.79 Å². The molecular formula is C12H17N2O. The lowest BCUT2D eigenvalue weighted by Crippen LogP contribution is -2.17. The number of hydrogen-bond acceptors (Lipinski definition) is 2. The minimum atomic E-state index is 0.0662. The summed E-state index contributed by atoms with van der Waals surface area (Å²) < 4.78 is 0. The van der Waals surface area contributed by atoms with Gasteiger partial charge < -0.3 is 10.2 Å². The Balaban J connectivity index is 2.25. The van der Waals surface area contributed by atoms with Gasteiger partial charge in [0.05, 0.1) is 0 Å². The predicted molar refractivity (Wildman–Crippen MR) is 61.7 cm³/mol. The Morgan fingerprint density at radius 2 is 2.33 bits per heavy atom. The van der Waals surface area contributed by atoms with Crippen molar-refractivity contribution >= 4 is 11.6 Å². The number of anilines is 1. The number of amides is 1. The molecule has 3 heteroatoms. The maximum atomic E-state index is 11.5. The van der Waals surface area contributed by atoms with Crippen molar-refractivity contribution in [3.05, 3.63) is 30.3 Å². The topological polar surface area (TPSA) is 32.3 Å². The maximum absolute atomic E-state index is 11.5. The summed E-state index contributed by atoms with van der Waals surface area (Å²) in [4.78, 5) is 13.5. The van der Waals surface area contributed by atoms with E-state index in [-0.39, 0.29) is 5.91 Å². The minimum absolute atomic E-state index is 0.0662. The van der Waals surface area contributed by atoms with Crippen molar-refractivity contribution in [1.82, 2.24) is 4.90 Å². The van der Waals surface area contributed by atoms with E-state index in [4.69, 9.17) is 0 Å². The van der Waals surface area contributed by atoms with Crippen LogP contribution in [0.25, 0.3) is 0 Å². The quantitative estimate of drug-likeness (QED) is 0.794. The van der Waals surface area contributed by atoms with Gasteiger partial charge in [-0.05, 0) is 45.3 Å². The molecule has 1 aromatic rings. The van der Waals surface area contributed by atoms with E-state index in [0.29, 0.717) is 6.42 Å². The molecule has 0 bridgehead atoms. The van der Waals surface area contributed by atoms with Crippen LogP contribution in [0.4, 0.5) is 5.69 Å². The van der Waals surface area contributed by atoms with Gasteiger partial charge in [-0.1, -0.05) is 12.1 Å². The third-order valence-corrected chi connectivity index (χ3v) is 2.00. The van der Waals surface area contributed by atoms with Crippen molar-refractivity contribution in [3.63, 3.8) is 0 Å². The highest BCUT2D eigenvalue weighted by Gasteiger charge is 2.01. The first kappa shape index (κ1) is 11.7. The number of rotatable bonds is 5. The van der Waals surface area contributed by atoms with E-state index in [0.717, 1.165) is 18.7 Å². The minimum Gasteiger partial charge on any atom is -0.326 e. The fraction of sp³-hybridized carbons (Fsp3) is 0.417. The van der Waals surface area contributed by atoms with Crippen molar-refractivity contribution in [1.29, 1.82) is 0 Å². The summed E-state index contributed by atoms with van der Waals surface area (Å²) in [5.41, 5.74) is 0.812. The lowest BCUT2D eigenvalue weighted by atomic mass is 10.2. The van der Waals surface area contributed by atoms with Crippen LogP contribution in [0.5, 0.6) is 0 Å². The molecule has 3 nitrogen and oxygen atoms in total. The summed E-state index contributed by atoms with van der Waals surface area (Å²) >= 11 is 0. The average Bonchev–Trinajstić information content (AvgIpc) is 2.18. The summed E-state index contributed by atoms with van der Waals surface area (Å²) in [5.74, 6) is 0.0662. The highest BCUT2D eigenvalue weighted by atomic mass is 16.1. The molecule has 15 heavy (non-hydrogen) atoms. The highest BCUT2D eigenvalue weighted by Crippen LogP contribution is 2.05. The molecule has 1 rings (SSSR count). The van der Waals surface area contributed by atoms with E-state index in [9.17, 15) is 4.79 Å². The van der Waals surface area contributed by atoms with E-state index in [1.54, 1.807) is 6.07 Å². The van der Waals surface area contributed by atoms with Gasteiger partial charge in [-0.25, -0.2) is 0 Å². The van der Waals surface area contributed by atoms with Crippen LogP contribution in [0.3, 0.4) is 0 Å². The smallest absolute Gasteiger partial charge is 0.224 e. The molecule has 1 N–H and O–H groups in total. The van der Waals surface area contributed by atoms with E-state index in [1.807, 2.05) is 32.3 Å². The van der Waals surface area contributed by atoms with Crippen LogP contribution in [0.1, 0.15) is 12.8 Å². The first-order valence-electron chi connectivity index (χ1n) is 5.09. The molecule has 0 spiro atoms. The SMILES string of the molecule is CN(C)CCCC(=O)Nc1c[c]ccc1. The second-order valence-electron chi connectivity index (χ2n) is 3.75. The molecule has 0 aliphatic heterocycles. The molecule has 1 amide bonds. The Labute approximate surface area is 91.1 Å². The molecule has 0 saturated heterocycles. The molecule has 0 aliphatic carbocycles. The number of carbonyl (C=O) groups is 1. The molecule has 0 unspecified atom stereocenters. The van der Waals surface area contributed by atoms with Gasteiger partial charge in [-0.15, -0.1) is 0 Å².